The highest BCUT2D eigenvalue weighted by Crippen LogP contribution is 2.26. The monoisotopic (exact) mass is 399 g/mol. The maximum atomic E-state index is 10.7. The largest absolute Gasteiger partial charge is 0.441 e. The number of rotatable bonds is 7. The van der Waals surface area contributed by atoms with Gasteiger partial charge < -0.3 is 9.05 Å². The minimum absolute atomic E-state index is 0.0304. The fourth-order valence-corrected chi connectivity index (χ4v) is 2.95. The summed E-state index contributed by atoms with van der Waals surface area (Å²) in [7, 11) is -0.133. The molecule has 0 heterocycles. The minimum Gasteiger partial charge on any atom is -0.441 e. The molecule has 0 aromatic heterocycles. The molecule has 0 fully saturated rings. The van der Waals surface area contributed by atoms with Gasteiger partial charge in [-0.15, -0.1) is 0 Å². The Morgan fingerprint density at radius 3 is 2.19 bits per heavy atom. The van der Waals surface area contributed by atoms with Gasteiger partial charge in [0.05, 0.1) is 9.95 Å². The lowest BCUT2D eigenvalue weighted by molar-refractivity contribution is -0.384. The summed E-state index contributed by atoms with van der Waals surface area (Å²) >= 11 is 6.08. The lowest BCUT2D eigenvalue weighted by Gasteiger charge is -2.07. The number of para-hydroxylation sites is 1. The van der Waals surface area contributed by atoms with Crippen molar-refractivity contribution in [3.8, 4) is 11.5 Å². The van der Waals surface area contributed by atoms with Crippen molar-refractivity contribution in [1.82, 2.24) is 0 Å². The summed E-state index contributed by atoms with van der Waals surface area (Å²) in [5, 5.41) is 11.1. The van der Waals surface area contributed by atoms with Crippen LogP contribution in [0.1, 0.15) is 11.1 Å². The first-order chi connectivity index (χ1) is 13.1. The van der Waals surface area contributed by atoms with Gasteiger partial charge in [-0.1, -0.05) is 54.1 Å². The lowest BCUT2D eigenvalue weighted by Crippen LogP contribution is -1.88. The molecule has 0 spiro atoms. The SMILES string of the molecule is O=[N+]([O-])c1ccc(/C=C/c2ccc(OPOc3ccccc3)cc2)c(Cl)c1. The molecule has 1 atom stereocenters. The highest BCUT2D eigenvalue weighted by atomic mass is 35.5. The Balaban J connectivity index is 1.57. The summed E-state index contributed by atoms with van der Waals surface area (Å²) in [4.78, 5) is 10.3. The van der Waals surface area contributed by atoms with Gasteiger partial charge in [0.15, 0.2) is 0 Å². The summed E-state index contributed by atoms with van der Waals surface area (Å²) in [5.41, 5.74) is 1.63. The number of hydrogen-bond acceptors (Lipinski definition) is 4. The molecule has 0 radical (unpaired) electrons. The molecule has 1 unspecified atom stereocenters. The normalized spacial score (nSPS) is 11.1. The van der Waals surface area contributed by atoms with Crippen molar-refractivity contribution in [2.24, 2.45) is 0 Å². The maximum absolute atomic E-state index is 10.7. The topological polar surface area (TPSA) is 61.6 Å². The fourth-order valence-electron chi connectivity index (χ4n) is 2.20. The molecule has 0 N–H and O–H groups in total. The molecule has 0 aliphatic rings. The Bertz CT molecular complexity index is 946. The highest BCUT2D eigenvalue weighted by Gasteiger charge is 2.07. The van der Waals surface area contributed by atoms with Crippen molar-refractivity contribution in [3.63, 3.8) is 0 Å². The van der Waals surface area contributed by atoms with Crippen LogP contribution in [-0.2, 0) is 0 Å². The molecule has 0 saturated heterocycles. The fraction of sp³-hybridized carbons (Fsp3) is 0. The Kier molecular flexibility index (Phi) is 6.42. The molecule has 3 aromatic rings. The van der Waals surface area contributed by atoms with E-state index in [2.05, 4.69) is 0 Å². The number of hydrogen-bond donors (Lipinski definition) is 0. The van der Waals surface area contributed by atoms with Crippen LogP contribution in [-0.4, -0.2) is 4.92 Å². The predicted octanol–water partition coefficient (Wildman–Crippen LogP) is 6.38. The second-order valence-electron chi connectivity index (χ2n) is 5.47. The Morgan fingerprint density at radius 1 is 0.889 bits per heavy atom. The van der Waals surface area contributed by atoms with E-state index in [-0.39, 0.29) is 14.7 Å². The second kappa shape index (κ2) is 9.17. The van der Waals surface area contributed by atoms with E-state index in [4.69, 9.17) is 20.6 Å². The summed E-state index contributed by atoms with van der Waals surface area (Å²) < 4.78 is 11.1. The van der Waals surface area contributed by atoms with Crippen LogP contribution in [0.4, 0.5) is 5.69 Å². The van der Waals surface area contributed by atoms with Crippen LogP contribution in [0.25, 0.3) is 12.2 Å². The average Bonchev–Trinajstić information content (AvgIpc) is 2.69. The molecule has 0 aliphatic carbocycles. The third kappa shape index (κ3) is 5.55. The number of nitro groups is 1. The van der Waals surface area contributed by atoms with E-state index >= 15 is 0 Å². The number of nitro benzene ring substituents is 1. The van der Waals surface area contributed by atoms with Gasteiger partial charge in [0, 0.05) is 12.1 Å². The van der Waals surface area contributed by atoms with Crippen molar-refractivity contribution >= 4 is 38.5 Å². The summed E-state index contributed by atoms with van der Waals surface area (Å²) in [6, 6.07) is 21.3. The number of benzene rings is 3. The van der Waals surface area contributed by atoms with Crippen molar-refractivity contribution in [3.05, 3.63) is 99.1 Å². The molecule has 27 heavy (non-hydrogen) atoms. The van der Waals surface area contributed by atoms with E-state index in [0.717, 1.165) is 11.3 Å². The number of non-ortho nitro benzene ring substituents is 1. The molecule has 0 amide bonds. The van der Waals surface area contributed by atoms with Crippen molar-refractivity contribution < 1.29 is 14.0 Å². The van der Waals surface area contributed by atoms with Crippen LogP contribution in [0, 0.1) is 10.1 Å². The molecule has 7 heteroatoms. The lowest BCUT2D eigenvalue weighted by atomic mass is 10.1. The van der Waals surface area contributed by atoms with Gasteiger partial charge in [-0.05, 0) is 41.5 Å². The molecule has 0 aliphatic heterocycles. The van der Waals surface area contributed by atoms with Crippen LogP contribution < -0.4 is 9.05 Å². The van der Waals surface area contributed by atoms with Crippen LogP contribution >= 0.6 is 20.6 Å². The highest BCUT2D eigenvalue weighted by molar-refractivity contribution is 7.27. The quantitative estimate of drug-likeness (QED) is 0.200. The Morgan fingerprint density at radius 2 is 1.56 bits per heavy atom. The van der Waals surface area contributed by atoms with Crippen LogP contribution in [0.5, 0.6) is 11.5 Å². The van der Waals surface area contributed by atoms with Crippen LogP contribution in [0.15, 0.2) is 72.8 Å². The van der Waals surface area contributed by atoms with E-state index in [1.54, 1.807) is 6.07 Å². The summed E-state index contributed by atoms with van der Waals surface area (Å²) in [6.45, 7) is 0. The van der Waals surface area contributed by atoms with Gasteiger partial charge in [-0.25, -0.2) is 0 Å². The molecule has 5 nitrogen and oxygen atoms in total. The van der Waals surface area contributed by atoms with Gasteiger partial charge in [0.1, 0.15) is 11.5 Å². The van der Waals surface area contributed by atoms with Crippen molar-refractivity contribution in [1.29, 1.82) is 0 Å². The van der Waals surface area contributed by atoms with Crippen LogP contribution in [0.3, 0.4) is 0 Å². The van der Waals surface area contributed by atoms with E-state index in [1.165, 1.54) is 12.1 Å². The number of halogens is 1. The first-order valence-corrected chi connectivity index (χ1v) is 9.17. The van der Waals surface area contributed by atoms with E-state index in [0.29, 0.717) is 16.3 Å². The zero-order valence-corrected chi connectivity index (χ0v) is 15.8. The molecule has 0 bridgehead atoms. The van der Waals surface area contributed by atoms with Crippen LogP contribution in [0.2, 0.25) is 5.02 Å². The summed E-state index contributed by atoms with van der Waals surface area (Å²) in [6.07, 6.45) is 3.68. The third-order valence-corrected chi connectivity index (χ3v) is 4.56. The van der Waals surface area contributed by atoms with Crippen molar-refractivity contribution in [2.75, 3.05) is 0 Å². The van der Waals surface area contributed by atoms with Gasteiger partial charge in [-0.2, -0.15) is 0 Å². The third-order valence-electron chi connectivity index (χ3n) is 3.59. The zero-order valence-electron chi connectivity index (χ0n) is 14.0. The first-order valence-electron chi connectivity index (χ1n) is 7.98. The molecule has 3 aromatic carbocycles. The molecular weight excluding hydrogens is 385 g/mol. The standard InChI is InChI=1S/C20H15ClNO4P/c21-20-14-17(22(23)24)11-10-16(20)9-6-15-7-12-19(13-8-15)26-27-25-18-4-2-1-3-5-18/h1-14,27H/b9-6+. The molecule has 136 valence electrons. The van der Waals surface area contributed by atoms with E-state index < -0.39 is 4.92 Å². The van der Waals surface area contributed by atoms with E-state index in [1.807, 2.05) is 66.7 Å². The van der Waals surface area contributed by atoms with Gasteiger partial charge in [0.25, 0.3) is 14.7 Å². The zero-order chi connectivity index (χ0) is 19.1. The Labute approximate surface area is 163 Å². The molecule has 3 rings (SSSR count). The predicted molar refractivity (Wildman–Crippen MR) is 109 cm³/mol. The number of nitrogens with zero attached hydrogens (tertiary/aromatic N) is 1. The smallest absolute Gasteiger partial charge is 0.275 e. The van der Waals surface area contributed by atoms with Crippen molar-refractivity contribution in [2.45, 2.75) is 0 Å². The maximum Gasteiger partial charge on any atom is 0.275 e. The van der Waals surface area contributed by atoms with Gasteiger partial charge in [-0.3, -0.25) is 10.1 Å². The van der Waals surface area contributed by atoms with E-state index in [9.17, 15) is 10.1 Å². The summed E-state index contributed by atoms with van der Waals surface area (Å²) in [5.74, 6) is 1.46. The second-order valence-corrected chi connectivity index (χ2v) is 6.45. The first kappa shape index (κ1) is 18.9. The average molecular weight is 400 g/mol. The van der Waals surface area contributed by atoms with Gasteiger partial charge >= 0.3 is 0 Å². The molecule has 0 saturated carbocycles. The minimum atomic E-state index is -0.472. The van der Waals surface area contributed by atoms with Gasteiger partial charge in [0.2, 0.25) is 0 Å². The molecular formula is C20H15ClNO4P. The Hall–Kier alpha value is -2.88.